The number of aromatic hydroxyl groups is 1. The van der Waals surface area contributed by atoms with Crippen molar-refractivity contribution in [1.29, 1.82) is 0 Å². The number of ether oxygens (including phenoxy) is 4. The van der Waals surface area contributed by atoms with Crippen molar-refractivity contribution in [2.45, 2.75) is 150 Å². The number of hydrogen-bond acceptors (Lipinski definition) is 15. The van der Waals surface area contributed by atoms with Gasteiger partial charge in [0, 0.05) is 108 Å². The maximum Gasteiger partial charge on any atom is 0.315 e. The number of benzene rings is 1. The second-order valence-corrected chi connectivity index (χ2v) is 23.2. The van der Waals surface area contributed by atoms with Crippen molar-refractivity contribution in [3.8, 4) is 11.5 Å². The van der Waals surface area contributed by atoms with Gasteiger partial charge in [0.1, 0.15) is 35.4 Å². The normalized spacial score (nSPS) is 31.7. The molecule has 2 aliphatic carbocycles. The van der Waals surface area contributed by atoms with Gasteiger partial charge in [-0.2, -0.15) is 0 Å². The number of carbonyl (C=O) groups is 5. The lowest BCUT2D eigenvalue weighted by molar-refractivity contribution is -0.164. The molecule has 6 heterocycles. The highest BCUT2D eigenvalue weighted by Gasteiger charge is 2.54. The lowest BCUT2D eigenvalue weighted by Crippen LogP contribution is -2.50. The van der Waals surface area contributed by atoms with Crippen molar-refractivity contribution in [1.82, 2.24) is 25.3 Å². The molecule has 0 aromatic heterocycles. The van der Waals surface area contributed by atoms with E-state index in [0.29, 0.717) is 49.8 Å². The van der Waals surface area contributed by atoms with Crippen LogP contribution in [0, 0.1) is 42.4 Å². The Morgan fingerprint density at radius 1 is 0.907 bits per heavy atom. The Morgan fingerprint density at radius 2 is 1.60 bits per heavy atom. The summed E-state index contributed by atoms with van der Waals surface area (Å²) in [5.41, 5.74) is -0.0385. The van der Waals surface area contributed by atoms with Gasteiger partial charge < -0.3 is 49.6 Å². The Hall–Kier alpha value is -5.36. The van der Waals surface area contributed by atoms with Crippen LogP contribution in [-0.2, 0) is 28.6 Å². The molecule has 5 bridgehead atoms. The number of likely N-dealkylation sites (tertiary alicyclic amines) is 1. The van der Waals surface area contributed by atoms with Crippen LogP contribution in [0.15, 0.2) is 52.5 Å². The Labute approximate surface area is 443 Å². The van der Waals surface area contributed by atoms with Crippen LogP contribution in [0.2, 0.25) is 0 Å². The molecular formula is C58H82N6O11. The number of esters is 1. The number of Topliss-reactive ketones (excluding diaryl/α,β-unsaturated/α-hetero) is 2. The van der Waals surface area contributed by atoms with Gasteiger partial charge in [0.25, 0.3) is 11.7 Å². The number of aliphatic hydroxyl groups is 1. The number of piperazine rings is 1. The summed E-state index contributed by atoms with van der Waals surface area (Å²) in [7, 11) is 1.49. The van der Waals surface area contributed by atoms with Gasteiger partial charge in [-0.1, -0.05) is 79.0 Å². The van der Waals surface area contributed by atoms with Crippen molar-refractivity contribution in [2.24, 2.45) is 40.5 Å². The summed E-state index contributed by atoms with van der Waals surface area (Å²) in [4.78, 5) is 83.3. The molecule has 9 rings (SSSR count). The molecule has 8 atom stereocenters. The molecule has 8 aliphatic rings. The number of carbonyl (C=O) groups excluding carboxylic acids is 5. The molecule has 17 nitrogen and oxygen atoms in total. The third-order valence-electron chi connectivity index (χ3n) is 16.9. The summed E-state index contributed by atoms with van der Waals surface area (Å²) in [6.07, 6.45) is 13.2. The standard InChI is InChI=1S/C58H82N6O11/c1-33(2)31-62-22-20-58(21-23-62)60-47-44-45-51(68)39(8)54-46(44)55(70)57(9,75-54)73-28-19-41(72-10)37(6)53(74-43(66)30-42(65)64-26-24-63(25-27-64)32-40-17-12-11-13-18-40)38(7)50(67)36(5)29-34(3)15-14-16-35(4)56(71)59-49(52(45)69)48(47)61-58/h14-16,19,28,33-34,36-38,40-41,50,53,61,67-68H,11-13,17-18,20-27,29-32H2,1-10H3,(H,59,71)/b15-14+,28-19+,35-16-/t34?,36-,37-,38-,41+,50?,53?,57?/m1/s1. The van der Waals surface area contributed by atoms with Crippen LogP contribution in [0.25, 0.3) is 0 Å². The molecule has 3 fully saturated rings. The zero-order valence-corrected chi connectivity index (χ0v) is 46.0. The third-order valence-corrected chi connectivity index (χ3v) is 16.9. The largest absolute Gasteiger partial charge is 0.507 e. The monoisotopic (exact) mass is 1040 g/mol. The number of piperidine rings is 1. The highest BCUT2D eigenvalue weighted by molar-refractivity contribution is 6.34. The molecule has 6 aliphatic heterocycles. The zero-order valence-electron chi connectivity index (χ0n) is 46.0. The summed E-state index contributed by atoms with van der Waals surface area (Å²) in [5, 5.41) is 30.4. The number of aliphatic hydroxyl groups excluding tert-OH is 1. The molecule has 1 saturated carbocycles. The minimum atomic E-state index is -1.99. The van der Waals surface area contributed by atoms with E-state index in [2.05, 4.69) is 34.3 Å². The fourth-order valence-electron chi connectivity index (χ4n) is 12.5. The van der Waals surface area contributed by atoms with E-state index >= 15 is 0 Å². The predicted octanol–water partition coefficient (Wildman–Crippen LogP) is 6.74. The number of phenols is 1. The summed E-state index contributed by atoms with van der Waals surface area (Å²) in [6, 6.07) is 0. The van der Waals surface area contributed by atoms with Crippen LogP contribution >= 0.6 is 0 Å². The summed E-state index contributed by atoms with van der Waals surface area (Å²) in [5.74, 6) is -5.67. The number of methoxy groups -OCH3 is 1. The zero-order chi connectivity index (χ0) is 54.1. The van der Waals surface area contributed by atoms with E-state index < -0.39 is 77.2 Å². The smallest absolute Gasteiger partial charge is 0.315 e. The van der Waals surface area contributed by atoms with E-state index in [1.54, 1.807) is 37.0 Å². The summed E-state index contributed by atoms with van der Waals surface area (Å²) >= 11 is 0. The number of allylic oxidation sites excluding steroid dienone is 5. The van der Waals surface area contributed by atoms with Crippen LogP contribution in [0.4, 0.5) is 0 Å². The fraction of sp³-hybridized carbons (Fsp3) is 0.655. The van der Waals surface area contributed by atoms with Crippen LogP contribution in [-0.4, -0.2) is 149 Å². The Kier molecular flexibility index (Phi) is 17.2. The topological polar surface area (TPSA) is 209 Å². The van der Waals surface area contributed by atoms with Gasteiger partial charge in [0.2, 0.25) is 11.7 Å². The molecule has 1 spiro atoms. The molecule has 17 heteroatoms. The number of ketones is 2. The number of rotatable bonds is 8. The minimum absolute atomic E-state index is 0.0171. The first kappa shape index (κ1) is 55.9. The van der Waals surface area contributed by atoms with Gasteiger partial charge in [-0.15, -0.1) is 0 Å². The highest BCUT2D eigenvalue weighted by Crippen LogP contribution is 2.50. The van der Waals surface area contributed by atoms with Crippen molar-refractivity contribution < 1.29 is 53.1 Å². The number of phenolic OH excluding ortho intramolecular Hbond substituents is 1. The van der Waals surface area contributed by atoms with E-state index in [1.807, 2.05) is 33.8 Å². The van der Waals surface area contributed by atoms with Crippen molar-refractivity contribution in [2.75, 3.05) is 59.5 Å². The molecule has 75 heavy (non-hydrogen) atoms. The molecule has 4 N–H and O–H groups in total. The molecule has 2 amide bonds. The number of amides is 2. The number of hydrogen-bond donors (Lipinski definition) is 4. The first-order valence-corrected chi connectivity index (χ1v) is 27.6. The van der Waals surface area contributed by atoms with Crippen molar-refractivity contribution >= 4 is 35.1 Å². The molecular weight excluding hydrogens is 957 g/mol. The minimum Gasteiger partial charge on any atom is -0.507 e. The number of nitrogens with zero attached hydrogens (tertiary/aromatic N) is 4. The Morgan fingerprint density at radius 3 is 2.27 bits per heavy atom. The van der Waals surface area contributed by atoms with Gasteiger partial charge in [-0.3, -0.25) is 33.9 Å². The van der Waals surface area contributed by atoms with Crippen LogP contribution in [0.1, 0.15) is 145 Å². The van der Waals surface area contributed by atoms with Crippen molar-refractivity contribution in [3.05, 3.63) is 69.8 Å². The number of fused-ring (bicyclic) bond motifs is 13. The highest BCUT2D eigenvalue weighted by atomic mass is 16.7. The third kappa shape index (κ3) is 11.8. The summed E-state index contributed by atoms with van der Waals surface area (Å²) < 4.78 is 24.9. The van der Waals surface area contributed by atoms with E-state index in [4.69, 9.17) is 23.9 Å². The molecule has 1 aromatic carbocycles. The Balaban J connectivity index is 1.09. The second kappa shape index (κ2) is 23.1. The first-order chi connectivity index (χ1) is 35.6. The van der Waals surface area contributed by atoms with Gasteiger partial charge in [0.15, 0.2) is 0 Å². The van der Waals surface area contributed by atoms with E-state index in [9.17, 15) is 34.2 Å². The van der Waals surface area contributed by atoms with Crippen LogP contribution < -0.4 is 15.4 Å². The maximum absolute atomic E-state index is 15.0. The quantitative estimate of drug-likeness (QED) is 0.157. The molecule has 410 valence electrons. The van der Waals surface area contributed by atoms with Gasteiger partial charge in [-0.05, 0) is 62.9 Å². The average molecular weight is 1040 g/mol. The maximum atomic E-state index is 15.0. The summed E-state index contributed by atoms with van der Waals surface area (Å²) in [6.45, 7) is 22.6. The van der Waals surface area contributed by atoms with E-state index in [0.717, 1.165) is 39.3 Å². The van der Waals surface area contributed by atoms with E-state index in [-0.39, 0.29) is 62.9 Å². The lowest BCUT2D eigenvalue weighted by atomic mass is 9.79. The second-order valence-electron chi connectivity index (χ2n) is 23.2. The lowest BCUT2D eigenvalue weighted by Gasteiger charge is -2.38. The van der Waals surface area contributed by atoms with E-state index in [1.165, 1.54) is 52.4 Å². The number of aliphatic imine (C=N–C) groups is 1. The average Bonchev–Trinajstić information content (AvgIpc) is 3.94. The Bertz CT molecular complexity index is 2530. The van der Waals surface area contributed by atoms with Crippen LogP contribution in [0.3, 0.4) is 0 Å². The van der Waals surface area contributed by atoms with Gasteiger partial charge >= 0.3 is 11.8 Å². The SMILES string of the molecule is CO[C@H]1/C=C/OC2(C)Oc3c(C)c(O)c4c(c3C2=O)C2=NC3(CCN(CC(C)C)CC3)NC2=C(NC(=O)/C(C)=C\C=C\C(C)C[C@@H](C)C(O)[C@@H](C)C(OC(=O)CC(=O)N2CCN(CC3CCCCC3)CC2)[C@@H]1C)C4=O. The molecule has 2 saturated heterocycles. The fourth-order valence-corrected chi connectivity index (χ4v) is 12.5. The first-order valence-electron chi connectivity index (χ1n) is 27.6. The molecule has 4 unspecified atom stereocenters. The van der Waals surface area contributed by atoms with Crippen LogP contribution in [0.5, 0.6) is 11.5 Å². The number of nitrogens with one attached hydrogen (secondary N) is 2. The van der Waals surface area contributed by atoms with Gasteiger partial charge in [0.05, 0.1) is 41.0 Å². The molecule has 1 aromatic rings. The van der Waals surface area contributed by atoms with Crippen molar-refractivity contribution in [3.63, 3.8) is 0 Å². The van der Waals surface area contributed by atoms with Gasteiger partial charge in [-0.25, -0.2) is 0 Å². The molecule has 0 radical (unpaired) electrons. The predicted molar refractivity (Wildman–Crippen MR) is 284 cm³/mol.